The molecule has 0 aliphatic heterocycles. The van der Waals surface area contributed by atoms with Gasteiger partial charge in [-0.25, -0.2) is 4.98 Å². The number of anilines is 2. The Hall–Kier alpha value is -2.31. The van der Waals surface area contributed by atoms with E-state index in [2.05, 4.69) is 23.8 Å². The second-order valence-electron chi connectivity index (χ2n) is 7.38. The van der Waals surface area contributed by atoms with Crippen molar-refractivity contribution in [1.82, 2.24) is 9.97 Å². The summed E-state index contributed by atoms with van der Waals surface area (Å²) in [7, 11) is 1.59. The normalized spacial score (nSPS) is 16.2. The van der Waals surface area contributed by atoms with Crippen molar-refractivity contribution < 1.29 is 17.9 Å². The minimum Gasteiger partial charge on any atom is -0.460 e. The highest BCUT2D eigenvalue weighted by atomic mass is 19.4. The van der Waals surface area contributed by atoms with Gasteiger partial charge in [-0.1, -0.05) is 26.0 Å². The van der Waals surface area contributed by atoms with Crippen molar-refractivity contribution in [2.75, 3.05) is 11.9 Å². The average molecular weight is 393 g/mol. The van der Waals surface area contributed by atoms with Crippen molar-refractivity contribution >= 4 is 11.5 Å². The van der Waals surface area contributed by atoms with Gasteiger partial charge in [-0.15, -0.1) is 0 Å². The lowest BCUT2D eigenvalue weighted by atomic mass is 9.98. The number of hydrogen-bond acceptors (Lipinski definition) is 4. The second-order valence-corrected chi connectivity index (χ2v) is 7.38. The van der Waals surface area contributed by atoms with E-state index in [0.717, 1.165) is 43.9 Å². The van der Waals surface area contributed by atoms with E-state index in [-0.39, 0.29) is 17.9 Å². The van der Waals surface area contributed by atoms with Gasteiger partial charge in [0, 0.05) is 18.9 Å². The van der Waals surface area contributed by atoms with Crippen molar-refractivity contribution in [3.8, 4) is 6.01 Å². The van der Waals surface area contributed by atoms with Crippen LogP contribution in [0.25, 0.3) is 0 Å². The van der Waals surface area contributed by atoms with Crippen molar-refractivity contribution in [3.05, 3.63) is 41.6 Å². The molecular formula is C21H26F3N3O. The van der Waals surface area contributed by atoms with E-state index in [9.17, 15) is 13.2 Å². The molecule has 2 aromatic rings. The predicted molar refractivity (Wildman–Crippen MR) is 103 cm³/mol. The molecule has 1 aromatic carbocycles. The van der Waals surface area contributed by atoms with Gasteiger partial charge in [-0.2, -0.15) is 18.2 Å². The summed E-state index contributed by atoms with van der Waals surface area (Å²) in [5, 5.41) is 0. The molecule has 152 valence electrons. The number of hydrogen-bond donors (Lipinski definition) is 0. The Morgan fingerprint density at radius 3 is 2.61 bits per heavy atom. The lowest BCUT2D eigenvalue weighted by Crippen LogP contribution is -2.21. The van der Waals surface area contributed by atoms with Gasteiger partial charge in [0.25, 0.3) is 0 Å². The third-order valence-electron chi connectivity index (χ3n) is 5.38. The average Bonchev–Trinajstić information content (AvgIpc) is 3.19. The fourth-order valence-corrected chi connectivity index (χ4v) is 3.42. The molecule has 7 heteroatoms. The Morgan fingerprint density at radius 2 is 1.96 bits per heavy atom. The van der Waals surface area contributed by atoms with Crippen molar-refractivity contribution in [2.24, 2.45) is 0 Å². The molecule has 3 rings (SSSR count). The van der Waals surface area contributed by atoms with Crippen LogP contribution in [0.1, 0.15) is 63.0 Å². The van der Waals surface area contributed by atoms with Crippen LogP contribution in [0.2, 0.25) is 0 Å². The molecule has 1 aromatic heterocycles. The van der Waals surface area contributed by atoms with Crippen LogP contribution in [-0.4, -0.2) is 23.1 Å². The van der Waals surface area contributed by atoms with Crippen LogP contribution in [0, 0.1) is 0 Å². The molecule has 0 saturated heterocycles. The van der Waals surface area contributed by atoms with Crippen molar-refractivity contribution in [2.45, 2.75) is 64.1 Å². The molecule has 4 nitrogen and oxygen atoms in total. The quantitative estimate of drug-likeness (QED) is 0.594. The predicted octanol–water partition coefficient (Wildman–Crippen LogP) is 6.10. The zero-order valence-corrected chi connectivity index (χ0v) is 16.5. The molecular weight excluding hydrogens is 367 g/mol. The highest BCUT2D eigenvalue weighted by molar-refractivity contribution is 5.63. The van der Waals surface area contributed by atoms with E-state index < -0.39 is 11.7 Å². The summed E-state index contributed by atoms with van der Waals surface area (Å²) in [4.78, 5) is 9.43. The molecule has 0 spiro atoms. The number of aromatic nitrogens is 2. The van der Waals surface area contributed by atoms with Gasteiger partial charge in [-0.3, -0.25) is 0 Å². The molecule has 0 amide bonds. The lowest BCUT2D eigenvalue weighted by Gasteiger charge is -2.24. The molecule has 1 saturated carbocycles. The number of benzene rings is 1. The van der Waals surface area contributed by atoms with E-state index >= 15 is 0 Å². The molecule has 0 bridgehead atoms. The zero-order chi connectivity index (χ0) is 20.3. The minimum absolute atomic E-state index is 0.000157. The van der Waals surface area contributed by atoms with E-state index in [0.29, 0.717) is 11.6 Å². The molecule has 1 atom stereocenters. The maximum absolute atomic E-state index is 13.6. The van der Waals surface area contributed by atoms with E-state index in [1.807, 2.05) is 18.2 Å². The van der Waals surface area contributed by atoms with Gasteiger partial charge < -0.3 is 9.64 Å². The first-order chi connectivity index (χ1) is 13.3. The summed E-state index contributed by atoms with van der Waals surface area (Å²) in [5.41, 5.74) is 0.855. The van der Waals surface area contributed by atoms with Gasteiger partial charge in [0.1, 0.15) is 11.7 Å². The van der Waals surface area contributed by atoms with Crippen LogP contribution < -0.4 is 9.64 Å². The van der Waals surface area contributed by atoms with Gasteiger partial charge >= 0.3 is 12.2 Å². The first kappa shape index (κ1) is 20.4. The number of halogens is 3. The maximum atomic E-state index is 13.6. The summed E-state index contributed by atoms with van der Waals surface area (Å²) >= 11 is 0. The summed E-state index contributed by atoms with van der Waals surface area (Å²) in [6, 6.07) is 7.54. The minimum atomic E-state index is -4.55. The molecule has 1 heterocycles. The summed E-state index contributed by atoms with van der Waals surface area (Å²) in [6.07, 6.45) is 1.07. The molecule has 0 N–H and O–H groups in total. The SMILES string of the molecule is CCC(C)c1cccc(N(C)c2nc(OC3CCCC3)ncc2C(F)(F)F)c1. The Balaban J connectivity index is 1.97. The highest BCUT2D eigenvalue weighted by Crippen LogP contribution is 2.38. The zero-order valence-electron chi connectivity index (χ0n) is 16.5. The lowest BCUT2D eigenvalue weighted by molar-refractivity contribution is -0.137. The van der Waals surface area contributed by atoms with Crippen LogP contribution in [0.15, 0.2) is 30.5 Å². The van der Waals surface area contributed by atoms with Crippen LogP contribution in [-0.2, 0) is 6.18 Å². The molecule has 1 aliphatic rings. The first-order valence-corrected chi connectivity index (χ1v) is 9.74. The molecule has 1 aliphatic carbocycles. The van der Waals surface area contributed by atoms with Gasteiger partial charge in [0.2, 0.25) is 0 Å². The Kier molecular flexibility index (Phi) is 6.10. The smallest absolute Gasteiger partial charge is 0.421 e. The van der Waals surface area contributed by atoms with Crippen LogP contribution >= 0.6 is 0 Å². The Bertz CT molecular complexity index is 804. The molecule has 28 heavy (non-hydrogen) atoms. The van der Waals surface area contributed by atoms with Crippen LogP contribution in [0.5, 0.6) is 6.01 Å². The van der Waals surface area contributed by atoms with Gasteiger partial charge in [0.15, 0.2) is 5.82 Å². The third kappa shape index (κ3) is 4.56. The number of rotatable bonds is 6. The summed E-state index contributed by atoms with van der Waals surface area (Å²) in [5.74, 6) is 0.124. The topological polar surface area (TPSA) is 38.2 Å². The summed E-state index contributed by atoms with van der Waals surface area (Å²) < 4.78 is 46.5. The fraction of sp³-hybridized carbons (Fsp3) is 0.524. The molecule has 0 radical (unpaired) electrons. The monoisotopic (exact) mass is 393 g/mol. The number of ether oxygens (including phenoxy) is 1. The molecule has 1 unspecified atom stereocenters. The van der Waals surface area contributed by atoms with Crippen molar-refractivity contribution in [3.63, 3.8) is 0 Å². The molecule has 1 fully saturated rings. The van der Waals surface area contributed by atoms with Gasteiger partial charge in [0.05, 0.1) is 0 Å². The third-order valence-corrected chi connectivity index (χ3v) is 5.38. The largest absolute Gasteiger partial charge is 0.460 e. The van der Waals surface area contributed by atoms with E-state index in [4.69, 9.17) is 4.74 Å². The van der Waals surface area contributed by atoms with Crippen LogP contribution in [0.4, 0.5) is 24.7 Å². The second kappa shape index (κ2) is 8.37. The Morgan fingerprint density at radius 1 is 1.25 bits per heavy atom. The fourth-order valence-electron chi connectivity index (χ4n) is 3.42. The van der Waals surface area contributed by atoms with Crippen LogP contribution in [0.3, 0.4) is 0 Å². The first-order valence-electron chi connectivity index (χ1n) is 9.74. The number of alkyl halides is 3. The van der Waals surface area contributed by atoms with Gasteiger partial charge in [-0.05, 0) is 55.7 Å². The summed E-state index contributed by atoms with van der Waals surface area (Å²) in [6.45, 7) is 4.18. The van der Waals surface area contributed by atoms with E-state index in [1.165, 1.54) is 4.90 Å². The van der Waals surface area contributed by atoms with E-state index in [1.54, 1.807) is 13.1 Å². The standard InChI is InChI=1S/C21H26F3N3O/c1-4-14(2)15-8-7-9-16(12-15)27(3)19-18(21(22,23)24)13-25-20(26-19)28-17-10-5-6-11-17/h7-9,12-14,17H,4-6,10-11H2,1-3H3. The highest BCUT2D eigenvalue weighted by Gasteiger charge is 2.37. The maximum Gasteiger partial charge on any atom is 0.421 e. The Labute approximate surface area is 163 Å². The number of nitrogens with zero attached hydrogens (tertiary/aromatic N) is 3. The van der Waals surface area contributed by atoms with Crippen molar-refractivity contribution in [1.29, 1.82) is 0 Å².